The number of nitrogens with zero attached hydrogens (tertiary/aromatic N) is 3. The summed E-state index contributed by atoms with van der Waals surface area (Å²) >= 11 is 0. The lowest BCUT2D eigenvalue weighted by Crippen LogP contribution is -2.37. The second-order valence-electron chi connectivity index (χ2n) is 10.0. The zero-order valence-electron chi connectivity index (χ0n) is 23.2. The highest BCUT2D eigenvalue weighted by Gasteiger charge is 2.26. The maximum absolute atomic E-state index is 13.5. The van der Waals surface area contributed by atoms with Crippen molar-refractivity contribution in [3.63, 3.8) is 0 Å². The van der Waals surface area contributed by atoms with Crippen LogP contribution in [0.4, 0.5) is 5.88 Å². The number of rotatable bonds is 7. The molecular formula is C30H33BN4O5. The van der Waals surface area contributed by atoms with Crippen LogP contribution in [0.15, 0.2) is 67.5 Å². The zero-order chi connectivity index (χ0) is 28.4. The lowest BCUT2D eigenvalue weighted by atomic mass is 9.75. The standard InChI is InChI=1S/C30H33BN4O5/c1-6-7-26(27(32-5)21-8-9-25-22(16-21)17-33-40-31(25)37)34-20(4)23-14-18(2)15-24-28(36)19(3)30(39-29(23)24)35-10-12-38-13-11-35/h6-9,14-17,20,34,37H,5,10-13H2,1-4H3/b7-6-,27-26+. The highest BCUT2D eigenvalue weighted by atomic mass is 16.6. The van der Waals surface area contributed by atoms with Gasteiger partial charge in [-0.3, -0.25) is 9.79 Å². The van der Waals surface area contributed by atoms with Gasteiger partial charge in [0.1, 0.15) is 5.58 Å². The molecule has 206 valence electrons. The Morgan fingerprint density at radius 2 is 2.02 bits per heavy atom. The van der Waals surface area contributed by atoms with Gasteiger partial charge >= 0.3 is 7.12 Å². The van der Waals surface area contributed by atoms with E-state index in [0.717, 1.165) is 28.0 Å². The van der Waals surface area contributed by atoms with E-state index in [9.17, 15) is 9.82 Å². The summed E-state index contributed by atoms with van der Waals surface area (Å²) < 4.78 is 17.0. The number of hydrogen-bond acceptors (Lipinski definition) is 9. The number of hydrogen-bond donors (Lipinski definition) is 2. The van der Waals surface area contributed by atoms with Crippen molar-refractivity contribution in [1.82, 2.24) is 5.32 Å². The third kappa shape index (κ3) is 5.20. The number of anilines is 1. The number of nitrogens with one attached hydrogen (secondary N) is 1. The maximum Gasteiger partial charge on any atom is 0.583 e. The number of ether oxygens (including phenoxy) is 1. The lowest BCUT2D eigenvalue weighted by molar-refractivity contribution is 0.120. The van der Waals surface area contributed by atoms with Crippen molar-refractivity contribution >= 4 is 48.1 Å². The van der Waals surface area contributed by atoms with E-state index in [1.807, 2.05) is 64.1 Å². The Morgan fingerprint density at radius 1 is 1.25 bits per heavy atom. The zero-order valence-corrected chi connectivity index (χ0v) is 23.2. The molecule has 3 heterocycles. The largest absolute Gasteiger partial charge is 0.583 e. The third-order valence-corrected chi connectivity index (χ3v) is 7.23. The second kappa shape index (κ2) is 11.5. The third-order valence-electron chi connectivity index (χ3n) is 7.23. The summed E-state index contributed by atoms with van der Waals surface area (Å²) in [5.41, 5.74) is 6.51. The monoisotopic (exact) mass is 540 g/mol. The van der Waals surface area contributed by atoms with Gasteiger partial charge in [-0.15, -0.1) is 5.16 Å². The van der Waals surface area contributed by atoms with E-state index in [1.54, 1.807) is 12.3 Å². The van der Waals surface area contributed by atoms with Crippen LogP contribution in [-0.4, -0.2) is 51.4 Å². The van der Waals surface area contributed by atoms with E-state index in [1.165, 1.54) is 0 Å². The summed E-state index contributed by atoms with van der Waals surface area (Å²) in [6, 6.07) is 9.24. The Kier molecular flexibility index (Phi) is 7.91. The second-order valence-corrected chi connectivity index (χ2v) is 10.0. The van der Waals surface area contributed by atoms with Crippen LogP contribution < -0.4 is 21.1 Å². The first-order valence-corrected chi connectivity index (χ1v) is 13.3. The van der Waals surface area contributed by atoms with E-state index in [2.05, 4.69) is 27.1 Å². The molecule has 0 aliphatic carbocycles. The molecule has 5 rings (SSSR count). The number of aryl methyl sites for hydroxylation is 1. The maximum atomic E-state index is 13.5. The molecule has 2 aliphatic rings. The van der Waals surface area contributed by atoms with Crippen LogP contribution in [0, 0.1) is 13.8 Å². The van der Waals surface area contributed by atoms with Gasteiger partial charge in [-0.05, 0) is 63.7 Å². The Hall–Kier alpha value is -4.15. The molecule has 3 aromatic rings. The van der Waals surface area contributed by atoms with Crippen molar-refractivity contribution in [3.8, 4) is 0 Å². The van der Waals surface area contributed by atoms with Crippen LogP contribution in [0.25, 0.3) is 16.7 Å². The lowest BCUT2D eigenvalue weighted by Gasteiger charge is -2.29. The van der Waals surface area contributed by atoms with Crippen LogP contribution in [0.3, 0.4) is 0 Å². The summed E-state index contributed by atoms with van der Waals surface area (Å²) in [6.07, 6.45) is 5.42. The minimum Gasteiger partial charge on any atom is -0.440 e. The fraction of sp³-hybridized carbons (Fsp3) is 0.300. The first-order chi connectivity index (χ1) is 19.3. The Morgan fingerprint density at radius 3 is 2.75 bits per heavy atom. The number of fused-ring (bicyclic) bond motifs is 2. The van der Waals surface area contributed by atoms with E-state index in [-0.39, 0.29) is 11.5 Å². The summed E-state index contributed by atoms with van der Waals surface area (Å²) in [7, 11) is -1.11. The molecule has 0 bridgehead atoms. The molecule has 1 atom stereocenters. The predicted octanol–water partition coefficient (Wildman–Crippen LogP) is 3.59. The molecule has 1 saturated heterocycles. The summed E-state index contributed by atoms with van der Waals surface area (Å²) in [6.45, 7) is 14.1. The molecule has 0 amide bonds. The van der Waals surface area contributed by atoms with Crippen LogP contribution in [0.2, 0.25) is 0 Å². The van der Waals surface area contributed by atoms with Crippen LogP contribution in [0.5, 0.6) is 0 Å². The van der Waals surface area contributed by atoms with E-state index in [0.29, 0.717) is 59.9 Å². The molecule has 1 aromatic heterocycles. The SMILES string of the molecule is C=N/C(=C(\C=C/C)NC(C)c1cc(C)cc2c(=O)c(C)c(N3CCOCC3)oc12)c1ccc2c(c1)C=NOB2O. The van der Waals surface area contributed by atoms with E-state index >= 15 is 0 Å². The summed E-state index contributed by atoms with van der Waals surface area (Å²) in [5, 5.41) is 18.0. The first-order valence-electron chi connectivity index (χ1n) is 13.3. The highest BCUT2D eigenvalue weighted by molar-refractivity contribution is 6.62. The first kappa shape index (κ1) is 27.4. The van der Waals surface area contributed by atoms with Crippen molar-refractivity contribution < 1.29 is 18.9 Å². The normalized spacial score (nSPS) is 16.5. The number of aliphatic imine (C=N–C) groups is 1. The van der Waals surface area contributed by atoms with Crippen LogP contribution in [0.1, 0.15) is 47.7 Å². The van der Waals surface area contributed by atoms with Gasteiger partial charge in [0.05, 0.1) is 47.8 Å². The van der Waals surface area contributed by atoms with Crippen LogP contribution >= 0.6 is 0 Å². The number of morpholine rings is 1. The Balaban J connectivity index is 1.59. The molecule has 2 aromatic carbocycles. The Labute approximate surface area is 233 Å². The van der Waals surface area contributed by atoms with Crippen molar-refractivity contribution in [2.24, 2.45) is 10.1 Å². The van der Waals surface area contributed by atoms with Gasteiger partial charge in [0.15, 0.2) is 5.43 Å². The summed E-state index contributed by atoms with van der Waals surface area (Å²) in [5.74, 6) is 0.595. The van der Waals surface area contributed by atoms with Gasteiger partial charge in [0.25, 0.3) is 0 Å². The molecule has 40 heavy (non-hydrogen) atoms. The topological polar surface area (TPSA) is 109 Å². The van der Waals surface area contributed by atoms with Crippen molar-refractivity contribution in [2.75, 3.05) is 31.2 Å². The molecule has 0 saturated carbocycles. The van der Waals surface area contributed by atoms with Crippen molar-refractivity contribution in [3.05, 3.63) is 86.2 Å². The van der Waals surface area contributed by atoms with Gasteiger partial charge in [-0.25, -0.2) is 0 Å². The van der Waals surface area contributed by atoms with Gasteiger partial charge in [-0.1, -0.05) is 24.3 Å². The molecule has 1 fully saturated rings. The van der Waals surface area contributed by atoms with Gasteiger partial charge in [0, 0.05) is 29.7 Å². The van der Waals surface area contributed by atoms with Gasteiger partial charge in [0.2, 0.25) is 5.88 Å². The molecule has 9 nitrogen and oxygen atoms in total. The minimum absolute atomic E-state index is 0.0283. The van der Waals surface area contributed by atoms with Crippen molar-refractivity contribution in [2.45, 2.75) is 33.7 Å². The van der Waals surface area contributed by atoms with Crippen LogP contribution in [-0.2, 0) is 9.49 Å². The van der Waals surface area contributed by atoms with E-state index in [4.69, 9.17) is 13.9 Å². The Bertz CT molecular complexity index is 1600. The van der Waals surface area contributed by atoms with Gasteiger partial charge in [-0.2, -0.15) is 0 Å². The van der Waals surface area contributed by atoms with Gasteiger partial charge < -0.3 is 29.1 Å². The highest BCUT2D eigenvalue weighted by Crippen LogP contribution is 2.31. The number of benzene rings is 2. The number of oxime groups is 1. The van der Waals surface area contributed by atoms with E-state index < -0.39 is 7.12 Å². The van der Waals surface area contributed by atoms with Crippen molar-refractivity contribution in [1.29, 1.82) is 0 Å². The fourth-order valence-electron chi connectivity index (χ4n) is 5.21. The molecular weight excluding hydrogens is 507 g/mol. The predicted molar refractivity (Wildman–Crippen MR) is 161 cm³/mol. The molecule has 0 radical (unpaired) electrons. The summed E-state index contributed by atoms with van der Waals surface area (Å²) in [4.78, 5) is 19.9. The number of allylic oxidation sites excluding steroid dienone is 2. The molecule has 0 spiro atoms. The minimum atomic E-state index is -1.11. The average Bonchev–Trinajstić information content (AvgIpc) is 2.96. The average molecular weight is 540 g/mol. The molecule has 2 aliphatic heterocycles. The quantitative estimate of drug-likeness (QED) is 0.268. The smallest absolute Gasteiger partial charge is 0.440 e. The fourth-order valence-corrected chi connectivity index (χ4v) is 5.21. The molecule has 1 unspecified atom stereocenters. The molecule has 2 N–H and O–H groups in total. The molecule has 10 heteroatoms.